The summed E-state index contributed by atoms with van der Waals surface area (Å²) >= 11 is 0. The van der Waals surface area contributed by atoms with Gasteiger partial charge in [-0.1, -0.05) is 74.6 Å². The summed E-state index contributed by atoms with van der Waals surface area (Å²) in [5.74, 6) is 1.13. The number of piperidine rings is 1. The molecule has 50 heavy (non-hydrogen) atoms. The molecule has 0 bridgehead atoms. The van der Waals surface area contributed by atoms with Crippen molar-refractivity contribution in [1.29, 1.82) is 0 Å². The fraction of sp³-hybridized carbons (Fsp3) is 0.625. The van der Waals surface area contributed by atoms with E-state index in [0.29, 0.717) is 31.1 Å². The van der Waals surface area contributed by atoms with E-state index in [4.69, 9.17) is 9.47 Å². The van der Waals surface area contributed by atoms with Crippen molar-refractivity contribution in [1.82, 2.24) is 20.9 Å². The second-order valence-electron chi connectivity index (χ2n) is 15.7. The maximum atomic E-state index is 14.0. The number of benzene rings is 2. The number of aliphatic hydroxyl groups is 1. The van der Waals surface area contributed by atoms with Crippen molar-refractivity contribution in [3.8, 4) is 5.75 Å². The van der Waals surface area contributed by atoms with Gasteiger partial charge in [0.15, 0.2) is 0 Å². The summed E-state index contributed by atoms with van der Waals surface area (Å²) in [4.78, 5) is 42.7. The minimum Gasteiger partial charge on any atom is -0.497 e. The van der Waals surface area contributed by atoms with Gasteiger partial charge in [0, 0.05) is 24.7 Å². The van der Waals surface area contributed by atoms with E-state index in [-0.39, 0.29) is 42.6 Å². The van der Waals surface area contributed by atoms with Gasteiger partial charge in [-0.05, 0) is 88.0 Å². The van der Waals surface area contributed by atoms with E-state index in [2.05, 4.69) is 20.9 Å². The van der Waals surface area contributed by atoms with Gasteiger partial charge in [-0.3, -0.25) is 14.5 Å². The van der Waals surface area contributed by atoms with E-state index in [1.807, 2.05) is 75.4 Å². The van der Waals surface area contributed by atoms with E-state index < -0.39 is 24.2 Å². The number of hydrogen-bond acceptors (Lipinski definition) is 7. The molecule has 2 saturated carbocycles. The van der Waals surface area contributed by atoms with Crippen LogP contribution in [-0.2, 0) is 27.4 Å². The minimum atomic E-state index is -0.909. The Morgan fingerprint density at radius 1 is 0.880 bits per heavy atom. The first-order valence-electron chi connectivity index (χ1n) is 18.6. The average molecular weight is 691 g/mol. The molecule has 10 heteroatoms. The molecule has 3 aliphatic rings. The number of nitrogens with zero attached hydrogens (tertiary/aromatic N) is 1. The van der Waals surface area contributed by atoms with Crippen LogP contribution in [0.25, 0.3) is 0 Å². The lowest BCUT2D eigenvalue weighted by molar-refractivity contribution is -0.134. The molecule has 2 aliphatic carbocycles. The van der Waals surface area contributed by atoms with Gasteiger partial charge in [0.2, 0.25) is 11.8 Å². The largest absolute Gasteiger partial charge is 0.497 e. The van der Waals surface area contributed by atoms with Gasteiger partial charge in [-0.15, -0.1) is 0 Å². The molecule has 274 valence electrons. The van der Waals surface area contributed by atoms with Crippen LogP contribution in [0.1, 0.15) is 89.7 Å². The number of nitrogens with one attached hydrogen (secondary N) is 3. The summed E-state index contributed by atoms with van der Waals surface area (Å²) in [6, 6.07) is 15.9. The first kappa shape index (κ1) is 37.6. The third kappa shape index (κ3) is 10.7. The van der Waals surface area contributed by atoms with E-state index >= 15 is 0 Å². The molecule has 0 aromatic heterocycles. The van der Waals surface area contributed by atoms with E-state index in [1.165, 1.54) is 12.8 Å². The van der Waals surface area contributed by atoms with E-state index in [9.17, 15) is 19.5 Å². The molecule has 1 saturated heterocycles. The molecule has 10 nitrogen and oxygen atoms in total. The molecule has 1 aliphatic heterocycles. The zero-order valence-electron chi connectivity index (χ0n) is 30.4. The summed E-state index contributed by atoms with van der Waals surface area (Å²) in [6.45, 7) is 7.15. The Morgan fingerprint density at radius 3 is 2.26 bits per heavy atom. The van der Waals surface area contributed by atoms with Gasteiger partial charge in [-0.2, -0.15) is 0 Å². The topological polar surface area (TPSA) is 129 Å². The number of hydrogen-bond donors (Lipinski definition) is 4. The molecule has 4 N–H and O–H groups in total. The van der Waals surface area contributed by atoms with Crippen molar-refractivity contribution >= 4 is 17.9 Å². The van der Waals surface area contributed by atoms with Crippen LogP contribution >= 0.6 is 0 Å². The highest BCUT2D eigenvalue weighted by Gasteiger charge is 2.42. The van der Waals surface area contributed by atoms with Crippen molar-refractivity contribution in [3.63, 3.8) is 0 Å². The fourth-order valence-electron chi connectivity index (χ4n) is 8.12. The molecule has 5 rings (SSSR count). The summed E-state index contributed by atoms with van der Waals surface area (Å²) < 4.78 is 10.7. The minimum absolute atomic E-state index is 0.00682. The Hall–Kier alpha value is -3.63. The molecule has 3 fully saturated rings. The molecule has 2 aromatic carbocycles. The third-order valence-electron chi connectivity index (χ3n) is 10.8. The molecular formula is C40H58N4O6. The Morgan fingerprint density at radius 2 is 1.56 bits per heavy atom. The number of fused-ring (bicyclic) bond motifs is 1. The van der Waals surface area contributed by atoms with Crippen LogP contribution in [0.2, 0.25) is 0 Å². The lowest BCUT2D eigenvalue weighted by Gasteiger charge is -2.47. The second-order valence-corrected chi connectivity index (χ2v) is 15.7. The van der Waals surface area contributed by atoms with Gasteiger partial charge in [-0.25, -0.2) is 4.79 Å². The number of likely N-dealkylation sites (tertiary alicyclic amines) is 1. The first-order valence-corrected chi connectivity index (χ1v) is 18.6. The smallest absolute Gasteiger partial charge is 0.407 e. The number of alkyl carbamates (subject to hydrolysis) is 1. The van der Waals surface area contributed by atoms with Gasteiger partial charge in [0.25, 0.3) is 0 Å². The number of ether oxygens (including phenoxy) is 2. The normalized spacial score (nSPS) is 25.3. The van der Waals surface area contributed by atoms with Crippen molar-refractivity contribution in [3.05, 3.63) is 65.7 Å². The van der Waals surface area contributed by atoms with Crippen LogP contribution in [0.3, 0.4) is 0 Å². The quantitative estimate of drug-likeness (QED) is 0.236. The number of β-amino-alcohol motifs (C(OH)–C–C–N with tert-alkyl or cyclic N) is 1. The summed E-state index contributed by atoms with van der Waals surface area (Å²) in [5, 5.41) is 21.3. The summed E-state index contributed by atoms with van der Waals surface area (Å²) in [7, 11) is 1.60. The standard InChI is InChI=1S/C40H58N4O6/c1-40(2,3)43-38(47)35-23-29-14-8-9-15-30(29)24-44(35)25-36(45)34(22-27-12-6-5-7-13-27)41-37(46)32-16-10-11-17-33(32)42-39(48)50-26-28-18-20-31(49-4)21-19-28/h5-7,12-13,18-21,29-30,32-36,45H,8-11,14-17,22-26H2,1-4H3,(H,41,46)(H,42,48)(H,43,47)/t29-,30+,32?,33?,34-,35-,36+/m0/s1. The van der Waals surface area contributed by atoms with Crippen LogP contribution in [0.15, 0.2) is 54.6 Å². The van der Waals surface area contributed by atoms with Gasteiger partial charge in [0.1, 0.15) is 12.4 Å². The van der Waals surface area contributed by atoms with Crippen molar-refractivity contribution < 1.29 is 29.0 Å². The molecule has 3 amide bonds. The van der Waals surface area contributed by atoms with Gasteiger partial charge in [0.05, 0.1) is 31.2 Å². The van der Waals surface area contributed by atoms with Crippen molar-refractivity contribution in [2.75, 3.05) is 20.2 Å². The highest BCUT2D eigenvalue weighted by Crippen LogP contribution is 2.39. The van der Waals surface area contributed by atoms with Gasteiger partial charge >= 0.3 is 6.09 Å². The number of methoxy groups -OCH3 is 1. The highest BCUT2D eigenvalue weighted by atomic mass is 16.5. The number of rotatable bonds is 12. The number of aliphatic hydroxyl groups excluding tert-OH is 1. The Bertz CT molecular complexity index is 1400. The fourth-order valence-corrected chi connectivity index (χ4v) is 8.12. The molecule has 2 unspecified atom stereocenters. The number of amides is 3. The van der Waals surface area contributed by atoms with Crippen LogP contribution in [0, 0.1) is 17.8 Å². The number of carbonyl (C=O) groups is 3. The predicted molar refractivity (Wildman–Crippen MR) is 193 cm³/mol. The Labute approximate surface area is 298 Å². The van der Waals surface area contributed by atoms with Crippen LogP contribution in [-0.4, -0.2) is 77.9 Å². The average Bonchev–Trinajstić information content (AvgIpc) is 3.10. The second kappa shape index (κ2) is 17.5. The Kier molecular flexibility index (Phi) is 13.2. The molecule has 2 aromatic rings. The lowest BCUT2D eigenvalue weighted by atomic mass is 9.72. The third-order valence-corrected chi connectivity index (χ3v) is 10.8. The summed E-state index contributed by atoms with van der Waals surface area (Å²) in [6.07, 6.45) is 7.56. The SMILES string of the molecule is COc1ccc(COC(=O)NC2CCCCC2C(=O)N[C@@H](Cc2ccccc2)[C@H](O)CN2C[C@H]3CCCC[C@H]3C[C@H]2C(=O)NC(C)(C)C)cc1. The lowest BCUT2D eigenvalue weighted by Crippen LogP contribution is -2.60. The van der Waals surface area contributed by atoms with E-state index in [0.717, 1.165) is 55.5 Å². The highest BCUT2D eigenvalue weighted by molar-refractivity contribution is 5.82. The maximum absolute atomic E-state index is 14.0. The zero-order chi connectivity index (χ0) is 35.7. The monoisotopic (exact) mass is 690 g/mol. The van der Waals surface area contributed by atoms with Crippen LogP contribution in [0.5, 0.6) is 5.75 Å². The molecule has 0 spiro atoms. The predicted octanol–water partition coefficient (Wildman–Crippen LogP) is 5.36. The first-order chi connectivity index (χ1) is 24.0. The van der Waals surface area contributed by atoms with Crippen LogP contribution < -0.4 is 20.7 Å². The van der Waals surface area contributed by atoms with Crippen molar-refractivity contribution in [2.45, 2.75) is 121 Å². The zero-order valence-corrected chi connectivity index (χ0v) is 30.4. The van der Waals surface area contributed by atoms with Crippen molar-refractivity contribution in [2.24, 2.45) is 17.8 Å². The Balaban J connectivity index is 1.27. The molecule has 0 radical (unpaired) electrons. The van der Waals surface area contributed by atoms with Gasteiger partial charge < -0.3 is 30.5 Å². The maximum Gasteiger partial charge on any atom is 0.407 e. The molecular weight excluding hydrogens is 632 g/mol. The summed E-state index contributed by atoms with van der Waals surface area (Å²) in [5.41, 5.74) is 1.48. The number of carbonyl (C=O) groups excluding carboxylic acids is 3. The molecule has 7 atom stereocenters. The molecule has 1 heterocycles. The van der Waals surface area contributed by atoms with Crippen LogP contribution in [0.4, 0.5) is 4.79 Å². The van der Waals surface area contributed by atoms with E-state index in [1.54, 1.807) is 7.11 Å².